The maximum atomic E-state index is 11.8. The Morgan fingerprint density at radius 2 is 2.44 bits per heavy atom. The molecule has 0 aromatic carbocycles. The van der Waals surface area contributed by atoms with Crippen LogP contribution in [0, 0.1) is 11.3 Å². The van der Waals surface area contributed by atoms with Gasteiger partial charge in [-0.25, -0.2) is 14.8 Å². The van der Waals surface area contributed by atoms with Crippen LogP contribution in [0.25, 0.3) is 10.2 Å². The van der Waals surface area contributed by atoms with Gasteiger partial charge < -0.3 is 4.74 Å². The summed E-state index contributed by atoms with van der Waals surface area (Å²) in [7, 11) is 0. The highest BCUT2D eigenvalue weighted by Crippen LogP contribution is 2.25. The summed E-state index contributed by atoms with van der Waals surface area (Å²) >= 11 is 1.44. The lowest BCUT2D eigenvalue weighted by Crippen LogP contribution is -2.34. The highest BCUT2D eigenvalue weighted by molar-refractivity contribution is 7.16. The van der Waals surface area contributed by atoms with Crippen molar-refractivity contribution in [1.29, 1.82) is 5.26 Å². The summed E-state index contributed by atoms with van der Waals surface area (Å²) in [5.74, 6) is -0.443. The van der Waals surface area contributed by atoms with Crippen molar-refractivity contribution in [3.63, 3.8) is 0 Å². The molecule has 0 saturated carbocycles. The first-order valence-corrected chi connectivity index (χ1v) is 6.29. The largest absolute Gasteiger partial charge is 0.464 e. The number of hydrogen-bond acceptors (Lipinski definition) is 6. The standard InChI is InChI=1S/C12H11N3O2S/c1-3-17-11(16)12(2,7-13)10-14-6-8-4-5-18-9(8)15-10/h4-6H,3H2,1-2H3. The van der Waals surface area contributed by atoms with Crippen molar-refractivity contribution in [2.24, 2.45) is 0 Å². The molecule has 1 atom stereocenters. The smallest absolute Gasteiger partial charge is 0.334 e. The molecule has 0 amide bonds. The van der Waals surface area contributed by atoms with Gasteiger partial charge in [0, 0.05) is 11.6 Å². The Bertz CT molecular complexity index is 632. The fourth-order valence-electron chi connectivity index (χ4n) is 1.46. The maximum Gasteiger partial charge on any atom is 0.334 e. The normalized spacial score (nSPS) is 13.8. The number of fused-ring (bicyclic) bond motifs is 1. The van der Waals surface area contributed by atoms with Gasteiger partial charge >= 0.3 is 5.97 Å². The molecule has 2 heterocycles. The van der Waals surface area contributed by atoms with Crippen LogP contribution in [0.2, 0.25) is 0 Å². The molecule has 0 bridgehead atoms. The van der Waals surface area contributed by atoms with E-state index in [4.69, 9.17) is 4.74 Å². The number of esters is 1. The van der Waals surface area contributed by atoms with Gasteiger partial charge in [-0.3, -0.25) is 0 Å². The Balaban J connectivity index is 2.49. The van der Waals surface area contributed by atoms with Gasteiger partial charge in [0.25, 0.3) is 0 Å². The molecule has 0 spiro atoms. The zero-order valence-corrected chi connectivity index (χ0v) is 10.8. The van der Waals surface area contributed by atoms with E-state index in [2.05, 4.69) is 9.97 Å². The quantitative estimate of drug-likeness (QED) is 0.790. The van der Waals surface area contributed by atoms with Crippen LogP contribution in [0.3, 0.4) is 0 Å². The lowest BCUT2D eigenvalue weighted by Gasteiger charge is -2.17. The Labute approximate surface area is 108 Å². The van der Waals surface area contributed by atoms with Crippen LogP contribution in [-0.4, -0.2) is 22.5 Å². The van der Waals surface area contributed by atoms with Crippen molar-refractivity contribution in [2.75, 3.05) is 6.61 Å². The molecule has 2 aromatic heterocycles. The van der Waals surface area contributed by atoms with Crippen LogP contribution in [0.4, 0.5) is 0 Å². The third-order valence-electron chi connectivity index (χ3n) is 2.56. The molecule has 0 saturated heterocycles. The van der Waals surface area contributed by atoms with E-state index < -0.39 is 11.4 Å². The number of thiophene rings is 1. The van der Waals surface area contributed by atoms with Crippen molar-refractivity contribution < 1.29 is 9.53 Å². The fraction of sp³-hybridized carbons (Fsp3) is 0.333. The number of hydrogen-bond donors (Lipinski definition) is 0. The Morgan fingerprint density at radius 3 is 3.11 bits per heavy atom. The fourth-order valence-corrected chi connectivity index (χ4v) is 2.20. The second-order valence-electron chi connectivity index (χ2n) is 3.83. The van der Waals surface area contributed by atoms with E-state index in [1.807, 2.05) is 17.5 Å². The van der Waals surface area contributed by atoms with Crippen LogP contribution in [0.15, 0.2) is 17.6 Å². The number of nitriles is 1. The lowest BCUT2D eigenvalue weighted by molar-refractivity contribution is -0.147. The number of carbonyl (C=O) groups is 1. The molecule has 2 aromatic rings. The summed E-state index contributed by atoms with van der Waals surface area (Å²) < 4.78 is 4.91. The molecule has 92 valence electrons. The van der Waals surface area contributed by atoms with Gasteiger partial charge in [-0.15, -0.1) is 11.3 Å². The molecule has 0 aliphatic carbocycles. The minimum Gasteiger partial charge on any atom is -0.464 e. The van der Waals surface area contributed by atoms with Gasteiger partial charge in [-0.05, 0) is 25.3 Å². The molecule has 0 radical (unpaired) electrons. The Morgan fingerprint density at radius 1 is 1.67 bits per heavy atom. The molecule has 5 nitrogen and oxygen atoms in total. The van der Waals surface area contributed by atoms with E-state index in [9.17, 15) is 10.1 Å². The van der Waals surface area contributed by atoms with Crippen LogP contribution >= 0.6 is 11.3 Å². The Kier molecular flexibility index (Phi) is 3.26. The Hall–Kier alpha value is -2.00. The first-order chi connectivity index (χ1) is 8.61. The summed E-state index contributed by atoms with van der Waals surface area (Å²) in [5, 5.41) is 12.0. The van der Waals surface area contributed by atoms with Gasteiger partial charge in [0.1, 0.15) is 4.83 Å². The second kappa shape index (κ2) is 4.70. The molecule has 0 aliphatic rings. The number of carbonyl (C=O) groups excluding carboxylic acids is 1. The number of aromatic nitrogens is 2. The van der Waals surface area contributed by atoms with E-state index in [1.54, 1.807) is 13.1 Å². The summed E-state index contributed by atoms with van der Waals surface area (Å²) in [4.78, 5) is 21.0. The van der Waals surface area contributed by atoms with Gasteiger partial charge in [0.2, 0.25) is 5.41 Å². The molecule has 1 unspecified atom stereocenters. The minimum absolute atomic E-state index is 0.179. The van der Waals surface area contributed by atoms with Gasteiger partial charge in [0.15, 0.2) is 5.82 Å². The summed E-state index contributed by atoms with van der Waals surface area (Å²) in [6.07, 6.45) is 1.61. The molecule has 2 rings (SSSR count). The number of nitrogens with zero attached hydrogens (tertiary/aromatic N) is 3. The molecular weight excluding hydrogens is 250 g/mol. The van der Waals surface area contributed by atoms with E-state index in [-0.39, 0.29) is 12.4 Å². The van der Waals surface area contributed by atoms with Gasteiger partial charge in [-0.1, -0.05) is 0 Å². The van der Waals surface area contributed by atoms with Crippen LogP contribution in [-0.2, 0) is 14.9 Å². The topological polar surface area (TPSA) is 75.9 Å². The van der Waals surface area contributed by atoms with Crippen molar-refractivity contribution in [1.82, 2.24) is 9.97 Å². The van der Waals surface area contributed by atoms with Crippen molar-refractivity contribution >= 4 is 27.5 Å². The number of ether oxygens (including phenoxy) is 1. The van der Waals surface area contributed by atoms with E-state index in [0.29, 0.717) is 0 Å². The molecular formula is C12H11N3O2S. The predicted molar refractivity (Wildman–Crippen MR) is 67.0 cm³/mol. The molecule has 0 fully saturated rings. The summed E-state index contributed by atoms with van der Waals surface area (Å²) in [6.45, 7) is 3.39. The zero-order valence-electron chi connectivity index (χ0n) is 10.0. The van der Waals surface area contributed by atoms with Crippen LogP contribution in [0.5, 0.6) is 0 Å². The van der Waals surface area contributed by atoms with Crippen LogP contribution in [0.1, 0.15) is 19.7 Å². The van der Waals surface area contributed by atoms with E-state index in [0.717, 1.165) is 10.2 Å². The summed E-state index contributed by atoms with van der Waals surface area (Å²) in [6, 6.07) is 3.83. The summed E-state index contributed by atoms with van der Waals surface area (Å²) in [5.41, 5.74) is -1.46. The first-order valence-electron chi connectivity index (χ1n) is 5.41. The van der Waals surface area contributed by atoms with Crippen molar-refractivity contribution in [3.05, 3.63) is 23.5 Å². The predicted octanol–water partition coefficient (Wildman–Crippen LogP) is 2.04. The maximum absolute atomic E-state index is 11.8. The average molecular weight is 261 g/mol. The second-order valence-corrected chi connectivity index (χ2v) is 4.73. The zero-order chi connectivity index (χ0) is 13.2. The third-order valence-corrected chi connectivity index (χ3v) is 3.38. The minimum atomic E-state index is -1.46. The van der Waals surface area contributed by atoms with Crippen molar-refractivity contribution in [2.45, 2.75) is 19.3 Å². The molecule has 0 N–H and O–H groups in total. The SMILES string of the molecule is CCOC(=O)C(C)(C#N)c1ncc2ccsc2n1. The van der Waals surface area contributed by atoms with Crippen LogP contribution < -0.4 is 0 Å². The highest BCUT2D eigenvalue weighted by Gasteiger charge is 2.40. The monoisotopic (exact) mass is 261 g/mol. The molecule has 6 heteroatoms. The first kappa shape index (κ1) is 12.5. The molecule has 0 aliphatic heterocycles. The van der Waals surface area contributed by atoms with E-state index >= 15 is 0 Å². The number of rotatable bonds is 3. The third kappa shape index (κ3) is 1.93. The van der Waals surface area contributed by atoms with Crippen molar-refractivity contribution in [3.8, 4) is 6.07 Å². The average Bonchev–Trinajstić information content (AvgIpc) is 2.85. The van der Waals surface area contributed by atoms with Gasteiger partial charge in [0.05, 0.1) is 12.7 Å². The molecule has 18 heavy (non-hydrogen) atoms. The van der Waals surface area contributed by atoms with Gasteiger partial charge in [-0.2, -0.15) is 5.26 Å². The van der Waals surface area contributed by atoms with E-state index in [1.165, 1.54) is 18.3 Å². The lowest BCUT2D eigenvalue weighted by atomic mass is 9.91. The highest BCUT2D eigenvalue weighted by atomic mass is 32.1.